The molecule has 0 saturated carbocycles. The van der Waals surface area contributed by atoms with E-state index in [9.17, 15) is 14.4 Å². The molecule has 3 aromatic rings. The fraction of sp³-hybridized carbons (Fsp3) is 0.292. The lowest BCUT2D eigenvalue weighted by molar-refractivity contribution is -0.122. The van der Waals surface area contributed by atoms with Gasteiger partial charge >= 0.3 is 0 Å². The zero-order chi connectivity index (χ0) is 22.2. The molecule has 3 heterocycles. The summed E-state index contributed by atoms with van der Waals surface area (Å²) in [5.74, 6) is 0.0506. The van der Waals surface area contributed by atoms with Crippen LogP contribution < -0.4 is 10.6 Å². The summed E-state index contributed by atoms with van der Waals surface area (Å²) in [5.41, 5.74) is 4.06. The van der Waals surface area contributed by atoms with E-state index in [1.54, 1.807) is 18.0 Å². The van der Waals surface area contributed by atoms with Crippen LogP contribution in [0.15, 0.2) is 46.9 Å². The van der Waals surface area contributed by atoms with Crippen molar-refractivity contribution in [2.45, 2.75) is 6.54 Å². The molecule has 2 aliphatic heterocycles. The Morgan fingerprint density at radius 1 is 1.03 bits per heavy atom. The minimum absolute atomic E-state index is 0.0288. The Balaban J connectivity index is 1.41. The molecule has 1 fully saturated rings. The Bertz CT molecular complexity index is 1220. The molecule has 0 unspecified atom stereocenters. The summed E-state index contributed by atoms with van der Waals surface area (Å²) >= 11 is 0. The predicted molar refractivity (Wildman–Crippen MR) is 119 cm³/mol. The molecule has 2 N–H and O–H groups in total. The minimum atomic E-state index is -0.151. The minimum Gasteiger partial charge on any atom is -0.450 e. The fourth-order valence-corrected chi connectivity index (χ4v) is 4.43. The second kappa shape index (κ2) is 8.12. The molecule has 3 amide bonds. The van der Waals surface area contributed by atoms with Crippen molar-refractivity contribution in [3.8, 4) is 11.1 Å². The van der Waals surface area contributed by atoms with Gasteiger partial charge in [-0.05, 0) is 23.3 Å². The van der Waals surface area contributed by atoms with Crippen molar-refractivity contribution in [3.63, 3.8) is 0 Å². The van der Waals surface area contributed by atoms with Crippen LogP contribution in [0.1, 0.15) is 26.5 Å². The monoisotopic (exact) mass is 432 g/mol. The van der Waals surface area contributed by atoms with Gasteiger partial charge < -0.3 is 20.0 Å². The number of hydrogen-bond donors (Lipinski definition) is 2. The summed E-state index contributed by atoms with van der Waals surface area (Å²) in [6.45, 7) is 3.18. The number of fused-ring (bicyclic) bond motifs is 2. The second-order valence-corrected chi connectivity index (χ2v) is 8.09. The van der Waals surface area contributed by atoms with Crippen LogP contribution in [0.2, 0.25) is 0 Å². The number of amides is 3. The van der Waals surface area contributed by atoms with E-state index in [-0.39, 0.29) is 17.7 Å². The van der Waals surface area contributed by atoms with Crippen molar-refractivity contribution in [1.29, 1.82) is 0 Å². The van der Waals surface area contributed by atoms with E-state index in [0.29, 0.717) is 56.2 Å². The highest BCUT2D eigenvalue weighted by atomic mass is 16.3. The maximum atomic E-state index is 13.1. The van der Waals surface area contributed by atoms with E-state index in [0.717, 1.165) is 22.1 Å². The third-order valence-electron chi connectivity index (χ3n) is 6.20. The highest BCUT2D eigenvalue weighted by molar-refractivity contribution is 6.04. The summed E-state index contributed by atoms with van der Waals surface area (Å²) in [7, 11) is 1.62. The van der Waals surface area contributed by atoms with Crippen LogP contribution in [0.25, 0.3) is 22.1 Å². The Morgan fingerprint density at radius 2 is 1.75 bits per heavy atom. The number of para-hydroxylation sites is 1. The topological polar surface area (TPSA) is 94.9 Å². The largest absolute Gasteiger partial charge is 0.450 e. The number of benzene rings is 2. The molecule has 32 heavy (non-hydrogen) atoms. The molecule has 1 saturated heterocycles. The standard InChI is InChI=1S/C24H24N4O4/c1-25-21(29)14-27-8-10-28(11-9-27)24(31)20-12-15-4-2-6-17(22(15)32-20)16-5-3-7-18-19(16)13-26-23(18)30/h2-7,12H,8-11,13-14H2,1H3,(H,25,29)(H,26,30). The Kier molecular flexibility index (Phi) is 5.14. The zero-order valence-electron chi connectivity index (χ0n) is 17.8. The molecule has 1 aromatic heterocycles. The molecular weight excluding hydrogens is 408 g/mol. The maximum Gasteiger partial charge on any atom is 0.289 e. The van der Waals surface area contributed by atoms with Gasteiger partial charge in [-0.1, -0.05) is 30.3 Å². The molecule has 0 aliphatic carbocycles. The van der Waals surface area contributed by atoms with Crippen LogP contribution in [0.4, 0.5) is 0 Å². The zero-order valence-corrected chi connectivity index (χ0v) is 17.8. The molecule has 164 valence electrons. The number of nitrogens with one attached hydrogen (secondary N) is 2. The summed E-state index contributed by atoms with van der Waals surface area (Å²) in [6.07, 6.45) is 0. The van der Waals surface area contributed by atoms with Gasteiger partial charge in [0, 0.05) is 56.3 Å². The first kappa shape index (κ1) is 20.3. The molecule has 0 spiro atoms. The van der Waals surface area contributed by atoms with Crippen LogP contribution in [0, 0.1) is 0 Å². The highest BCUT2D eigenvalue weighted by Gasteiger charge is 2.27. The average molecular weight is 432 g/mol. The second-order valence-electron chi connectivity index (χ2n) is 8.09. The smallest absolute Gasteiger partial charge is 0.289 e. The van der Waals surface area contributed by atoms with Crippen molar-refractivity contribution in [1.82, 2.24) is 20.4 Å². The molecule has 2 aromatic carbocycles. The number of furan rings is 1. The van der Waals surface area contributed by atoms with Crippen LogP contribution in [-0.2, 0) is 11.3 Å². The summed E-state index contributed by atoms with van der Waals surface area (Å²) in [6, 6.07) is 13.3. The van der Waals surface area contributed by atoms with Crippen molar-refractivity contribution >= 4 is 28.7 Å². The van der Waals surface area contributed by atoms with Gasteiger partial charge in [0.05, 0.1) is 6.54 Å². The van der Waals surface area contributed by atoms with Crippen molar-refractivity contribution in [2.24, 2.45) is 0 Å². The maximum absolute atomic E-state index is 13.1. The Morgan fingerprint density at radius 3 is 2.53 bits per heavy atom. The van der Waals surface area contributed by atoms with Gasteiger partial charge in [0.2, 0.25) is 5.91 Å². The van der Waals surface area contributed by atoms with E-state index >= 15 is 0 Å². The number of nitrogens with zero attached hydrogens (tertiary/aromatic N) is 2. The number of carbonyl (C=O) groups is 3. The molecule has 8 heteroatoms. The van der Waals surface area contributed by atoms with Crippen molar-refractivity contribution in [2.75, 3.05) is 39.8 Å². The van der Waals surface area contributed by atoms with E-state index in [1.807, 2.05) is 41.3 Å². The van der Waals surface area contributed by atoms with Crippen LogP contribution in [0.5, 0.6) is 0 Å². The molecular formula is C24H24N4O4. The number of hydrogen-bond acceptors (Lipinski definition) is 5. The number of likely N-dealkylation sites (N-methyl/N-ethyl adjacent to an activating group) is 1. The lowest BCUT2D eigenvalue weighted by Gasteiger charge is -2.33. The molecule has 0 radical (unpaired) electrons. The van der Waals surface area contributed by atoms with Gasteiger partial charge in [-0.2, -0.15) is 0 Å². The molecule has 2 aliphatic rings. The molecule has 0 atom stereocenters. The lowest BCUT2D eigenvalue weighted by Crippen LogP contribution is -2.50. The molecule has 5 rings (SSSR count). The molecule has 0 bridgehead atoms. The first-order chi connectivity index (χ1) is 15.5. The van der Waals surface area contributed by atoms with Gasteiger partial charge in [-0.3, -0.25) is 19.3 Å². The van der Waals surface area contributed by atoms with Gasteiger partial charge in [0.15, 0.2) is 5.76 Å². The van der Waals surface area contributed by atoms with Crippen LogP contribution >= 0.6 is 0 Å². The first-order valence-corrected chi connectivity index (χ1v) is 10.7. The normalized spacial score (nSPS) is 16.2. The van der Waals surface area contributed by atoms with Crippen LogP contribution in [0.3, 0.4) is 0 Å². The molecule has 8 nitrogen and oxygen atoms in total. The number of carbonyl (C=O) groups excluding carboxylic acids is 3. The van der Waals surface area contributed by atoms with Crippen molar-refractivity contribution in [3.05, 3.63) is 59.4 Å². The Hall–Kier alpha value is -3.65. The van der Waals surface area contributed by atoms with Crippen molar-refractivity contribution < 1.29 is 18.8 Å². The number of piperazine rings is 1. The van der Waals surface area contributed by atoms with E-state index in [2.05, 4.69) is 10.6 Å². The third-order valence-corrected chi connectivity index (χ3v) is 6.20. The predicted octanol–water partition coefficient (Wildman–Crippen LogP) is 1.85. The number of rotatable bonds is 4. The highest BCUT2D eigenvalue weighted by Crippen LogP contribution is 2.35. The van der Waals surface area contributed by atoms with E-state index in [1.165, 1.54) is 0 Å². The third kappa shape index (κ3) is 3.52. The van der Waals surface area contributed by atoms with E-state index < -0.39 is 0 Å². The first-order valence-electron chi connectivity index (χ1n) is 10.7. The van der Waals surface area contributed by atoms with Gasteiger partial charge in [0.1, 0.15) is 5.58 Å². The lowest BCUT2D eigenvalue weighted by atomic mass is 9.96. The summed E-state index contributed by atoms with van der Waals surface area (Å²) < 4.78 is 6.09. The Labute approximate surface area is 185 Å². The summed E-state index contributed by atoms with van der Waals surface area (Å²) in [4.78, 5) is 40.6. The van der Waals surface area contributed by atoms with Gasteiger partial charge in [-0.25, -0.2) is 0 Å². The average Bonchev–Trinajstić information content (AvgIpc) is 3.43. The van der Waals surface area contributed by atoms with Crippen LogP contribution in [-0.4, -0.2) is 67.3 Å². The van der Waals surface area contributed by atoms with E-state index in [4.69, 9.17) is 4.42 Å². The fourth-order valence-electron chi connectivity index (χ4n) is 4.43. The van der Waals surface area contributed by atoms with Gasteiger partial charge in [0.25, 0.3) is 11.8 Å². The quantitative estimate of drug-likeness (QED) is 0.656. The van der Waals surface area contributed by atoms with Gasteiger partial charge in [-0.15, -0.1) is 0 Å². The summed E-state index contributed by atoms with van der Waals surface area (Å²) in [5, 5.41) is 6.34. The SMILES string of the molecule is CNC(=O)CN1CCN(C(=O)c2cc3cccc(-c4cccc5c4CNC5=O)c3o2)CC1.